The molecule has 1 saturated heterocycles. The number of piperidine rings is 1. The Morgan fingerprint density at radius 2 is 1.81 bits per heavy atom. The van der Waals surface area contributed by atoms with E-state index in [9.17, 15) is 9.59 Å². The fourth-order valence-corrected chi connectivity index (χ4v) is 9.32. The number of allylic oxidation sites excluding steroid dienone is 2. The summed E-state index contributed by atoms with van der Waals surface area (Å²) >= 11 is 0. The van der Waals surface area contributed by atoms with E-state index in [1.807, 2.05) is 12.1 Å². The lowest BCUT2D eigenvalue weighted by Crippen LogP contribution is -2.50. The molecule has 4 aliphatic carbocycles. The summed E-state index contributed by atoms with van der Waals surface area (Å²) in [6, 6.07) is 6.07. The van der Waals surface area contributed by atoms with Gasteiger partial charge in [0, 0.05) is 25.3 Å². The Kier molecular flexibility index (Phi) is 8.30. The molecule has 1 aliphatic heterocycles. The number of hydrogen-bond acceptors (Lipinski definition) is 6. The van der Waals surface area contributed by atoms with Gasteiger partial charge in [-0.15, -0.1) is 0 Å². The van der Waals surface area contributed by atoms with Gasteiger partial charge >= 0.3 is 5.97 Å². The van der Waals surface area contributed by atoms with Crippen LogP contribution in [0.25, 0.3) is 6.08 Å². The molecule has 0 aromatic heterocycles. The lowest BCUT2D eigenvalue weighted by atomic mass is 9.48. The summed E-state index contributed by atoms with van der Waals surface area (Å²) in [6.45, 7) is 10.1. The minimum atomic E-state index is -0.286. The van der Waals surface area contributed by atoms with Crippen molar-refractivity contribution in [2.24, 2.45) is 28.6 Å². The second-order valence-corrected chi connectivity index (χ2v) is 14.1. The molecule has 5 aliphatic rings. The third-order valence-corrected chi connectivity index (χ3v) is 11.7. The van der Waals surface area contributed by atoms with Crippen molar-refractivity contribution in [1.29, 1.82) is 0 Å². The van der Waals surface area contributed by atoms with Gasteiger partial charge in [-0.3, -0.25) is 14.5 Å². The van der Waals surface area contributed by atoms with Crippen molar-refractivity contribution in [2.75, 3.05) is 33.4 Å². The van der Waals surface area contributed by atoms with Crippen LogP contribution in [0.5, 0.6) is 11.5 Å². The number of benzene rings is 1. The molecule has 0 bridgehead atoms. The minimum absolute atomic E-state index is 0.0123. The van der Waals surface area contributed by atoms with E-state index in [4.69, 9.17) is 14.2 Å². The first-order chi connectivity index (χ1) is 20.2. The van der Waals surface area contributed by atoms with Crippen LogP contribution in [0.15, 0.2) is 35.4 Å². The maximum atomic E-state index is 14.0. The van der Waals surface area contributed by atoms with Crippen LogP contribution in [-0.2, 0) is 14.3 Å². The molecular weight excluding hydrogens is 526 g/mol. The maximum absolute atomic E-state index is 14.0. The molecule has 1 aromatic carbocycles. The first-order valence-corrected chi connectivity index (χ1v) is 16.4. The predicted molar refractivity (Wildman–Crippen MR) is 164 cm³/mol. The van der Waals surface area contributed by atoms with Crippen LogP contribution in [-0.4, -0.2) is 56.1 Å². The summed E-state index contributed by atoms with van der Waals surface area (Å²) in [5, 5.41) is 0. The number of hydrogen-bond donors (Lipinski definition) is 0. The Labute approximate surface area is 251 Å². The molecule has 228 valence electrons. The number of nitrogens with zero attached hydrogens (tertiary/aromatic N) is 1. The number of carbonyl (C=O) groups is 2. The van der Waals surface area contributed by atoms with E-state index in [1.165, 1.54) is 31.8 Å². The molecule has 0 N–H and O–H groups in total. The summed E-state index contributed by atoms with van der Waals surface area (Å²) in [4.78, 5) is 28.0. The van der Waals surface area contributed by atoms with Crippen molar-refractivity contribution in [3.63, 3.8) is 0 Å². The second kappa shape index (κ2) is 11.8. The third-order valence-electron chi connectivity index (χ3n) is 11.7. The van der Waals surface area contributed by atoms with E-state index >= 15 is 0 Å². The van der Waals surface area contributed by atoms with E-state index in [1.54, 1.807) is 7.11 Å². The van der Waals surface area contributed by atoms with E-state index in [2.05, 4.69) is 37.0 Å². The van der Waals surface area contributed by atoms with Gasteiger partial charge in [-0.1, -0.05) is 38.0 Å². The number of fused-ring (bicyclic) bond motifs is 5. The first-order valence-electron chi connectivity index (χ1n) is 16.4. The highest BCUT2D eigenvalue weighted by Crippen LogP contribution is 2.65. The Morgan fingerprint density at radius 1 is 1.02 bits per heavy atom. The average Bonchev–Trinajstić information content (AvgIpc) is 3.23. The summed E-state index contributed by atoms with van der Waals surface area (Å²) < 4.78 is 17.4. The van der Waals surface area contributed by atoms with Gasteiger partial charge in [-0.2, -0.15) is 0 Å². The van der Waals surface area contributed by atoms with Crippen molar-refractivity contribution >= 4 is 17.8 Å². The minimum Gasteiger partial charge on any atom is -0.493 e. The molecule has 0 spiro atoms. The molecule has 0 radical (unpaired) electrons. The summed E-state index contributed by atoms with van der Waals surface area (Å²) in [7, 11) is 1.69. The van der Waals surface area contributed by atoms with Gasteiger partial charge in [0.2, 0.25) is 0 Å². The molecule has 1 heterocycles. The third kappa shape index (κ3) is 5.44. The van der Waals surface area contributed by atoms with Crippen LogP contribution >= 0.6 is 0 Å². The number of ketones is 1. The molecule has 6 rings (SSSR count). The number of Topliss-reactive ketones (excluding diaryl/α,β-unsaturated/α-hetero) is 1. The zero-order valence-corrected chi connectivity index (χ0v) is 26.1. The quantitative estimate of drug-likeness (QED) is 0.198. The van der Waals surface area contributed by atoms with Gasteiger partial charge in [-0.25, -0.2) is 0 Å². The van der Waals surface area contributed by atoms with Crippen molar-refractivity contribution < 1.29 is 23.8 Å². The number of likely N-dealkylation sites (tertiary alicyclic amines) is 1. The molecule has 6 heteroatoms. The van der Waals surface area contributed by atoms with Gasteiger partial charge in [0.15, 0.2) is 17.3 Å². The van der Waals surface area contributed by atoms with E-state index in [-0.39, 0.29) is 22.9 Å². The molecular formula is C36H49NO5. The lowest BCUT2D eigenvalue weighted by molar-refractivity contribution is -0.148. The number of ether oxygens (including phenoxy) is 3. The summed E-state index contributed by atoms with van der Waals surface area (Å²) in [5.41, 5.74) is 3.30. The van der Waals surface area contributed by atoms with Gasteiger partial charge < -0.3 is 14.2 Å². The standard InChI is InChI=1S/C36H49NO5/c1-24(38)42-28-12-14-35(2)27(23-28)9-10-29-30(35)13-15-36(3)31(29)22-26(34(36)39)20-25-8-11-32(33(21-25)40-4)41-19-18-37-16-6-5-7-17-37/h8-9,11,20-21,28-31H,5-7,10,12-19,22-23H2,1-4H3/t28-,29+,30-,31-,35-,36-/m0/s1. The Hall–Kier alpha value is -2.60. The zero-order valence-electron chi connectivity index (χ0n) is 26.1. The van der Waals surface area contributed by atoms with Gasteiger partial charge in [-0.05, 0) is 117 Å². The predicted octanol–water partition coefficient (Wildman–Crippen LogP) is 7.02. The molecule has 1 aromatic rings. The number of methoxy groups -OCH3 is 1. The van der Waals surface area contributed by atoms with Crippen LogP contribution in [0.4, 0.5) is 0 Å². The second-order valence-electron chi connectivity index (χ2n) is 14.1. The monoisotopic (exact) mass is 575 g/mol. The zero-order chi connectivity index (χ0) is 29.5. The molecule has 6 atom stereocenters. The fraction of sp³-hybridized carbons (Fsp3) is 0.667. The van der Waals surface area contributed by atoms with Crippen LogP contribution in [0.2, 0.25) is 0 Å². The summed E-state index contributed by atoms with van der Waals surface area (Å²) in [6.07, 6.45) is 15.3. The number of rotatable bonds is 7. The van der Waals surface area contributed by atoms with Crippen molar-refractivity contribution in [3.8, 4) is 11.5 Å². The first kappa shape index (κ1) is 29.5. The van der Waals surface area contributed by atoms with E-state index < -0.39 is 0 Å². The molecule has 0 unspecified atom stereocenters. The number of carbonyl (C=O) groups excluding carboxylic acids is 2. The largest absolute Gasteiger partial charge is 0.493 e. The Bertz CT molecular complexity index is 1260. The van der Waals surface area contributed by atoms with Crippen molar-refractivity contribution in [1.82, 2.24) is 4.90 Å². The van der Waals surface area contributed by atoms with Crippen LogP contribution < -0.4 is 9.47 Å². The van der Waals surface area contributed by atoms with Crippen LogP contribution in [0.3, 0.4) is 0 Å². The van der Waals surface area contributed by atoms with Crippen molar-refractivity contribution in [3.05, 3.63) is 41.0 Å². The highest BCUT2D eigenvalue weighted by atomic mass is 16.5. The Morgan fingerprint density at radius 3 is 2.57 bits per heavy atom. The van der Waals surface area contributed by atoms with Gasteiger partial charge in [0.05, 0.1) is 7.11 Å². The van der Waals surface area contributed by atoms with E-state index in [0.717, 1.165) is 87.2 Å². The highest BCUT2D eigenvalue weighted by Gasteiger charge is 2.60. The Balaban J connectivity index is 1.16. The smallest absolute Gasteiger partial charge is 0.302 e. The highest BCUT2D eigenvalue weighted by molar-refractivity contribution is 6.06. The van der Waals surface area contributed by atoms with Gasteiger partial charge in [0.25, 0.3) is 0 Å². The maximum Gasteiger partial charge on any atom is 0.302 e. The molecule has 4 fully saturated rings. The molecule has 6 nitrogen and oxygen atoms in total. The fourth-order valence-electron chi connectivity index (χ4n) is 9.32. The SMILES string of the molecule is COc1cc(C=C2C[C@H]3[C@@H]4CC=C5C[C@@H](OC(C)=O)CC[C@]5(C)[C@H]4CC[C@]3(C)C2=O)ccc1OCCN1CCCCC1. The lowest BCUT2D eigenvalue weighted by Gasteiger charge is -2.56. The average molecular weight is 576 g/mol. The van der Waals surface area contributed by atoms with Crippen LogP contribution in [0.1, 0.15) is 90.5 Å². The van der Waals surface area contributed by atoms with E-state index in [0.29, 0.717) is 30.1 Å². The molecule has 0 amide bonds. The molecule has 3 saturated carbocycles. The molecule has 42 heavy (non-hydrogen) atoms. The normalized spacial score (nSPS) is 35.6. The summed E-state index contributed by atoms with van der Waals surface area (Å²) in [5.74, 6) is 3.12. The van der Waals surface area contributed by atoms with Gasteiger partial charge in [0.1, 0.15) is 12.7 Å². The van der Waals surface area contributed by atoms with Crippen molar-refractivity contribution in [2.45, 2.75) is 91.1 Å². The van der Waals surface area contributed by atoms with Crippen LogP contribution in [0, 0.1) is 28.6 Å². The topological polar surface area (TPSA) is 65.1 Å². The number of esters is 1.